The molecule has 0 rings (SSSR count). The molecular formula is C5H12N2O3S. The third-order valence-corrected chi connectivity index (χ3v) is 1.42. The van der Waals surface area contributed by atoms with Crippen LogP contribution in [-0.4, -0.2) is 29.9 Å². The van der Waals surface area contributed by atoms with Gasteiger partial charge < -0.3 is 10.8 Å². The number of hydrogen-bond donors (Lipinski definition) is 1. The summed E-state index contributed by atoms with van der Waals surface area (Å²) in [7, 11) is 1.48. The van der Waals surface area contributed by atoms with Gasteiger partial charge in [-0.2, -0.15) is 0 Å². The Morgan fingerprint density at radius 3 is 2.55 bits per heavy atom. The van der Waals surface area contributed by atoms with E-state index in [4.69, 9.17) is 0 Å². The van der Waals surface area contributed by atoms with Crippen molar-refractivity contribution in [3.8, 4) is 0 Å². The molecule has 5 nitrogen and oxygen atoms in total. The first-order valence-corrected chi connectivity index (χ1v) is 3.90. The molecule has 3 N–H and O–H groups in total. The number of amides is 1. The minimum absolute atomic E-state index is 0. The molecule has 0 spiro atoms. The number of rotatable bonds is 1. The van der Waals surface area contributed by atoms with Crippen molar-refractivity contribution in [2.75, 3.05) is 13.3 Å². The SMILES string of the molecule is CNC(=O)ON=C(C)SC.O. The predicted octanol–water partition coefficient (Wildman–Crippen LogP) is 0.214. The third kappa shape index (κ3) is 7.14. The van der Waals surface area contributed by atoms with Gasteiger partial charge in [-0.15, -0.1) is 11.8 Å². The highest BCUT2D eigenvalue weighted by molar-refractivity contribution is 8.13. The van der Waals surface area contributed by atoms with Crippen molar-refractivity contribution in [1.29, 1.82) is 0 Å². The van der Waals surface area contributed by atoms with Gasteiger partial charge in [0.15, 0.2) is 0 Å². The number of thioether (sulfide) groups is 1. The lowest BCUT2D eigenvalue weighted by Crippen LogP contribution is -2.16. The average Bonchev–Trinajstić information content (AvgIpc) is 1.99. The van der Waals surface area contributed by atoms with E-state index in [9.17, 15) is 4.79 Å². The molecule has 0 heterocycles. The second-order valence-electron chi connectivity index (χ2n) is 1.44. The number of oxime groups is 1. The van der Waals surface area contributed by atoms with Gasteiger partial charge in [0, 0.05) is 7.05 Å². The van der Waals surface area contributed by atoms with Crippen molar-refractivity contribution >= 4 is 22.9 Å². The molecule has 0 aliphatic carbocycles. The van der Waals surface area contributed by atoms with Gasteiger partial charge in [-0.25, -0.2) is 4.79 Å². The van der Waals surface area contributed by atoms with Gasteiger partial charge in [-0.05, 0) is 13.2 Å². The fourth-order valence-corrected chi connectivity index (χ4v) is 0.300. The average molecular weight is 180 g/mol. The van der Waals surface area contributed by atoms with Crippen LogP contribution in [0.15, 0.2) is 5.16 Å². The smallest absolute Gasteiger partial charge is 0.412 e. The summed E-state index contributed by atoms with van der Waals surface area (Å²) in [6.07, 6.45) is 1.31. The van der Waals surface area contributed by atoms with Crippen LogP contribution in [0, 0.1) is 0 Å². The van der Waals surface area contributed by atoms with Crippen molar-refractivity contribution in [2.24, 2.45) is 5.16 Å². The molecule has 1 amide bonds. The third-order valence-electron chi connectivity index (χ3n) is 0.757. The van der Waals surface area contributed by atoms with E-state index in [1.54, 1.807) is 6.92 Å². The lowest BCUT2D eigenvalue weighted by molar-refractivity contribution is 0.153. The second kappa shape index (κ2) is 7.36. The van der Waals surface area contributed by atoms with Crippen LogP contribution in [0.4, 0.5) is 4.79 Å². The predicted molar refractivity (Wildman–Crippen MR) is 45.8 cm³/mol. The first kappa shape index (κ1) is 12.9. The summed E-state index contributed by atoms with van der Waals surface area (Å²) >= 11 is 1.42. The highest BCUT2D eigenvalue weighted by Crippen LogP contribution is 1.96. The highest BCUT2D eigenvalue weighted by Gasteiger charge is 1.94. The molecule has 0 aliphatic rings. The quantitative estimate of drug-likeness (QED) is 0.271. The van der Waals surface area contributed by atoms with Gasteiger partial charge in [0.25, 0.3) is 0 Å². The van der Waals surface area contributed by atoms with Crippen molar-refractivity contribution in [2.45, 2.75) is 6.92 Å². The molecule has 0 aromatic rings. The molecule has 0 unspecified atom stereocenters. The van der Waals surface area contributed by atoms with Gasteiger partial charge in [-0.3, -0.25) is 4.84 Å². The molecule has 0 fully saturated rings. The van der Waals surface area contributed by atoms with Crippen LogP contribution in [-0.2, 0) is 4.84 Å². The van der Waals surface area contributed by atoms with Crippen LogP contribution in [0.5, 0.6) is 0 Å². The lowest BCUT2D eigenvalue weighted by atomic mass is 10.9. The van der Waals surface area contributed by atoms with Crippen LogP contribution in [0.2, 0.25) is 0 Å². The largest absolute Gasteiger partial charge is 0.433 e. The maximum Gasteiger partial charge on any atom is 0.433 e. The first-order chi connectivity index (χ1) is 4.70. The monoisotopic (exact) mass is 180 g/mol. The summed E-state index contributed by atoms with van der Waals surface area (Å²) < 4.78 is 0. The Morgan fingerprint density at radius 2 is 2.18 bits per heavy atom. The van der Waals surface area contributed by atoms with Gasteiger partial charge >= 0.3 is 6.09 Å². The molecule has 6 heteroatoms. The number of hydrogen-bond acceptors (Lipinski definition) is 4. The van der Waals surface area contributed by atoms with Gasteiger partial charge in [0.2, 0.25) is 0 Å². The van der Waals surface area contributed by atoms with E-state index in [1.807, 2.05) is 6.26 Å². The normalized spacial score (nSPS) is 9.91. The minimum atomic E-state index is -0.548. The van der Waals surface area contributed by atoms with Gasteiger partial charge in [-0.1, -0.05) is 5.16 Å². The van der Waals surface area contributed by atoms with E-state index < -0.39 is 6.09 Å². The molecule has 0 saturated carbocycles. The van der Waals surface area contributed by atoms with Gasteiger partial charge in [0.1, 0.15) is 5.04 Å². The summed E-state index contributed by atoms with van der Waals surface area (Å²) in [4.78, 5) is 14.7. The molecule has 0 aromatic carbocycles. The van der Waals surface area contributed by atoms with Crippen molar-refractivity contribution in [3.05, 3.63) is 0 Å². The topological polar surface area (TPSA) is 82.2 Å². The molecule has 0 bridgehead atoms. The van der Waals surface area contributed by atoms with Crippen LogP contribution >= 0.6 is 11.8 Å². The number of nitrogens with zero attached hydrogens (tertiary/aromatic N) is 1. The Kier molecular flexibility index (Phi) is 8.62. The summed E-state index contributed by atoms with van der Waals surface area (Å²) in [5.74, 6) is 0. The molecule has 0 saturated heterocycles. The fraction of sp³-hybridized carbons (Fsp3) is 0.600. The van der Waals surface area contributed by atoms with E-state index in [2.05, 4.69) is 15.3 Å². The molecular weight excluding hydrogens is 168 g/mol. The highest BCUT2D eigenvalue weighted by atomic mass is 32.2. The zero-order valence-electron chi connectivity index (χ0n) is 6.67. The minimum Gasteiger partial charge on any atom is -0.412 e. The Morgan fingerprint density at radius 1 is 1.64 bits per heavy atom. The molecule has 0 radical (unpaired) electrons. The zero-order chi connectivity index (χ0) is 7.98. The van der Waals surface area contributed by atoms with E-state index in [-0.39, 0.29) is 5.48 Å². The maximum atomic E-state index is 10.4. The van der Waals surface area contributed by atoms with Crippen molar-refractivity contribution in [3.63, 3.8) is 0 Å². The summed E-state index contributed by atoms with van der Waals surface area (Å²) in [6.45, 7) is 1.76. The van der Waals surface area contributed by atoms with E-state index in [0.29, 0.717) is 5.04 Å². The Balaban J connectivity index is 0. The molecule has 0 aromatic heterocycles. The van der Waals surface area contributed by atoms with Crippen LogP contribution < -0.4 is 5.32 Å². The maximum absolute atomic E-state index is 10.4. The fourth-order valence-electron chi connectivity index (χ4n) is 0.189. The van der Waals surface area contributed by atoms with Crippen molar-refractivity contribution in [1.82, 2.24) is 5.32 Å². The Labute approximate surface area is 69.5 Å². The summed E-state index contributed by atoms with van der Waals surface area (Å²) in [6, 6.07) is 0. The van der Waals surface area contributed by atoms with Gasteiger partial charge in [0.05, 0.1) is 0 Å². The van der Waals surface area contributed by atoms with Crippen LogP contribution in [0.25, 0.3) is 0 Å². The Hall–Kier alpha value is -0.750. The standard InChI is InChI=1S/C5H10N2O2S.H2O/c1-4(10-3)7-9-5(8)6-2;/h1-3H3,(H,6,8);1H2. The van der Waals surface area contributed by atoms with Crippen LogP contribution in [0.3, 0.4) is 0 Å². The lowest BCUT2D eigenvalue weighted by Gasteiger charge is -1.95. The zero-order valence-corrected chi connectivity index (χ0v) is 7.49. The Bertz CT molecular complexity index is 149. The van der Waals surface area contributed by atoms with E-state index in [0.717, 1.165) is 0 Å². The first-order valence-electron chi connectivity index (χ1n) is 2.68. The van der Waals surface area contributed by atoms with E-state index >= 15 is 0 Å². The second-order valence-corrected chi connectivity index (χ2v) is 2.44. The number of carbonyl (C=O) groups excluding carboxylic acids is 1. The molecule has 0 atom stereocenters. The van der Waals surface area contributed by atoms with Crippen molar-refractivity contribution < 1.29 is 15.1 Å². The summed E-state index contributed by atoms with van der Waals surface area (Å²) in [5.41, 5.74) is 0. The summed E-state index contributed by atoms with van der Waals surface area (Å²) in [5, 5.41) is 6.46. The number of carbonyl (C=O) groups is 1. The van der Waals surface area contributed by atoms with E-state index in [1.165, 1.54) is 18.8 Å². The molecule has 11 heavy (non-hydrogen) atoms. The molecule has 0 aliphatic heterocycles. The number of nitrogens with one attached hydrogen (secondary N) is 1. The molecule has 66 valence electrons. The van der Waals surface area contributed by atoms with Crippen LogP contribution in [0.1, 0.15) is 6.92 Å².